The summed E-state index contributed by atoms with van der Waals surface area (Å²) in [5, 5.41) is 3.00. The van der Waals surface area contributed by atoms with Crippen molar-refractivity contribution in [2.24, 2.45) is 11.8 Å². The molecule has 2 aliphatic heterocycles. The molecule has 1 unspecified atom stereocenters. The molecule has 2 aliphatic rings. The zero-order valence-electron chi connectivity index (χ0n) is 18.6. The summed E-state index contributed by atoms with van der Waals surface area (Å²) in [7, 11) is 0. The molecule has 7 nitrogen and oxygen atoms in total. The number of hydrogen-bond acceptors (Lipinski definition) is 4. The summed E-state index contributed by atoms with van der Waals surface area (Å²) in [5.74, 6) is -0.235. The van der Waals surface area contributed by atoms with E-state index in [0.29, 0.717) is 45.6 Å². The molecule has 0 radical (unpaired) electrons. The molecule has 3 amide bonds. The van der Waals surface area contributed by atoms with Crippen molar-refractivity contribution in [1.82, 2.24) is 10.2 Å². The Morgan fingerprint density at radius 2 is 1.77 bits per heavy atom. The van der Waals surface area contributed by atoms with Crippen molar-refractivity contribution in [1.29, 1.82) is 0 Å². The van der Waals surface area contributed by atoms with Crippen molar-refractivity contribution < 1.29 is 19.1 Å². The molecule has 7 heteroatoms. The lowest BCUT2D eigenvalue weighted by Crippen LogP contribution is -2.45. The highest BCUT2D eigenvalue weighted by molar-refractivity contribution is 6.00. The van der Waals surface area contributed by atoms with Crippen LogP contribution in [0.3, 0.4) is 0 Å². The van der Waals surface area contributed by atoms with E-state index in [4.69, 9.17) is 4.74 Å². The zero-order valence-corrected chi connectivity index (χ0v) is 18.6. The fourth-order valence-corrected chi connectivity index (χ4v) is 4.23. The maximum Gasteiger partial charge on any atom is 0.228 e. The summed E-state index contributed by atoms with van der Waals surface area (Å²) in [5.41, 5.74) is 0.842. The number of anilines is 1. The molecular formula is C24H35N3O4. The van der Waals surface area contributed by atoms with Gasteiger partial charge in [-0.15, -0.1) is 0 Å². The number of carbonyl (C=O) groups is 3. The summed E-state index contributed by atoms with van der Waals surface area (Å²) in [6.45, 7) is 5.81. The number of amides is 3. The summed E-state index contributed by atoms with van der Waals surface area (Å²) in [6, 6.07) is 9.49. The first kappa shape index (κ1) is 23.3. The molecule has 2 saturated heterocycles. The quantitative estimate of drug-likeness (QED) is 0.580. The lowest BCUT2D eigenvalue weighted by molar-refractivity contribution is -0.139. The Balaban J connectivity index is 1.37. The number of nitrogens with zero attached hydrogens (tertiary/aromatic N) is 2. The van der Waals surface area contributed by atoms with Crippen molar-refractivity contribution in [3.8, 4) is 0 Å². The van der Waals surface area contributed by atoms with Crippen LogP contribution in [-0.2, 0) is 19.1 Å². The van der Waals surface area contributed by atoms with Crippen LogP contribution in [-0.4, -0.2) is 62.0 Å². The van der Waals surface area contributed by atoms with Gasteiger partial charge in [-0.2, -0.15) is 0 Å². The molecule has 0 bridgehead atoms. The molecule has 1 aromatic carbocycles. The zero-order chi connectivity index (χ0) is 22.1. The maximum atomic E-state index is 13.0. The van der Waals surface area contributed by atoms with E-state index >= 15 is 0 Å². The third-order valence-electron chi connectivity index (χ3n) is 6.13. The molecule has 0 spiro atoms. The van der Waals surface area contributed by atoms with E-state index in [0.717, 1.165) is 31.6 Å². The molecule has 1 N–H and O–H groups in total. The van der Waals surface area contributed by atoms with Gasteiger partial charge in [-0.05, 0) is 37.8 Å². The van der Waals surface area contributed by atoms with E-state index in [-0.39, 0.29) is 36.0 Å². The number of rotatable bonds is 10. The highest BCUT2D eigenvalue weighted by atomic mass is 16.5. The van der Waals surface area contributed by atoms with E-state index in [1.165, 1.54) is 0 Å². The molecule has 0 aromatic heterocycles. The van der Waals surface area contributed by atoms with Gasteiger partial charge in [-0.25, -0.2) is 0 Å². The van der Waals surface area contributed by atoms with Crippen LogP contribution in [0.5, 0.6) is 0 Å². The lowest BCUT2D eigenvalue weighted by Gasteiger charge is -2.33. The molecule has 31 heavy (non-hydrogen) atoms. The number of benzene rings is 1. The van der Waals surface area contributed by atoms with Crippen LogP contribution in [0.15, 0.2) is 30.3 Å². The van der Waals surface area contributed by atoms with Crippen LogP contribution >= 0.6 is 0 Å². The number of nitrogens with one attached hydrogen (secondary N) is 1. The van der Waals surface area contributed by atoms with E-state index in [1.54, 1.807) is 4.90 Å². The predicted molar refractivity (Wildman–Crippen MR) is 120 cm³/mol. The average Bonchev–Trinajstić information content (AvgIpc) is 3.20. The molecule has 2 fully saturated rings. The summed E-state index contributed by atoms with van der Waals surface area (Å²) < 4.78 is 5.51. The standard InChI is InChI=1S/C24H35N3O4/c1-2-3-15-31-16-7-12-25-23(29)19-10-13-26(14-11-19)24(30)20-17-22(28)27(18-20)21-8-5-4-6-9-21/h4-6,8-9,19-20H,2-3,7,10-18H2,1H3,(H,25,29). The molecule has 3 rings (SSSR count). The summed E-state index contributed by atoms with van der Waals surface area (Å²) >= 11 is 0. The minimum Gasteiger partial charge on any atom is -0.381 e. The first-order valence-electron chi connectivity index (χ1n) is 11.6. The van der Waals surface area contributed by atoms with Crippen molar-refractivity contribution >= 4 is 23.4 Å². The third-order valence-corrected chi connectivity index (χ3v) is 6.13. The van der Waals surface area contributed by atoms with Gasteiger partial charge in [0.25, 0.3) is 0 Å². The van der Waals surface area contributed by atoms with Crippen molar-refractivity contribution in [3.63, 3.8) is 0 Å². The van der Waals surface area contributed by atoms with Crippen LogP contribution in [0.25, 0.3) is 0 Å². The number of carbonyl (C=O) groups excluding carboxylic acids is 3. The van der Waals surface area contributed by atoms with Crippen molar-refractivity contribution in [3.05, 3.63) is 30.3 Å². The van der Waals surface area contributed by atoms with Gasteiger partial charge in [0, 0.05) is 57.4 Å². The fourth-order valence-electron chi connectivity index (χ4n) is 4.23. The fraction of sp³-hybridized carbons (Fsp3) is 0.625. The van der Waals surface area contributed by atoms with Crippen LogP contribution in [0, 0.1) is 11.8 Å². The molecule has 0 saturated carbocycles. The summed E-state index contributed by atoms with van der Waals surface area (Å²) in [6.07, 6.45) is 4.62. The van der Waals surface area contributed by atoms with E-state index in [1.807, 2.05) is 35.2 Å². The van der Waals surface area contributed by atoms with Gasteiger partial charge < -0.3 is 19.9 Å². The average molecular weight is 430 g/mol. The largest absolute Gasteiger partial charge is 0.381 e. The van der Waals surface area contributed by atoms with Crippen molar-refractivity contribution in [2.45, 2.75) is 45.4 Å². The minimum atomic E-state index is -0.300. The van der Waals surface area contributed by atoms with E-state index in [9.17, 15) is 14.4 Å². The monoisotopic (exact) mass is 429 g/mol. The van der Waals surface area contributed by atoms with Gasteiger partial charge in [0.1, 0.15) is 0 Å². The minimum absolute atomic E-state index is 0.00233. The Morgan fingerprint density at radius 3 is 2.48 bits per heavy atom. The second-order valence-electron chi connectivity index (χ2n) is 8.45. The number of hydrogen-bond donors (Lipinski definition) is 1. The van der Waals surface area contributed by atoms with Crippen LogP contribution in [0.1, 0.15) is 45.4 Å². The number of piperidine rings is 1. The second-order valence-corrected chi connectivity index (χ2v) is 8.45. The molecule has 1 atom stereocenters. The normalized spacial score (nSPS) is 19.6. The smallest absolute Gasteiger partial charge is 0.228 e. The van der Waals surface area contributed by atoms with Gasteiger partial charge >= 0.3 is 0 Å². The Kier molecular flexibility index (Phi) is 8.88. The van der Waals surface area contributed by atoms with Crippen LogP contribution in [0.4, 0.5) is 5.69 Å². The Labute approximate surface area is 185 Å². The van der Waals surface area contributed by atoms with Gasteiger partial charge in [-0.3, -0.25) is 14.4 Å². The Hall–Kier alpha value is -2.41. The molecule has 1 aromatic rings. The number of likely N-dealkylation sites (tertiary alicyclic amines) is 1. The maximum absolute atomic E-state index is 13.0. The second kappa shape index (κ2) is 11.8. The molecule has 2 heterocycles. The van der Waals surface area contributed by atoms with Gasteiger partial charge in [0.2, 0.25) is 17.7 Å². The van der Waals surface area contributed by atoms with Gasteiger partial charge in [0.15, 0.2) is 0 Å². The van der Waals surface area contributed by atoms with Crippen LogP contribution < -0.4 is 10.2 Å². The van der Waals surface area contributed by atoms with Crippen LogP contribution in [0.2, 0.25) is 0 Å². The summed E-state index contributed by atoms with van der Waals surface area (Å²) in [4.78, 5) is 41.3. The lowest BCUT2D eigenvalue weighted by atomic mass is 9.94. The predicted octanol–water partition coefficient (Wildman–Crippen LogP) is 2.60. The Morgan fingerprint density at radius 1 is 1.06 bits per heavy atom. The molecule has 170 valence electrons. The molecule has 0 aliphatic carbocycles. The van der Waals surface area contributed by atoms with Gasteiger partial charge in [0.05, 0.1) is 5.92 Å². The third kappa shape index (κ3) is 6.53. The number of ether oxygens (including phenoxy) is 1. The van der Waals surface area contributed by atoms with Crippen molar-refractivity contribution in [2.75, 3.05) is 44.3 Å². The topological polar surface area (TPSA) is 79.0 Å². The number of para-hydroxylation sites is 1. The van der Waals surface area contributed by atoms with E-state index < -0.39 is 0 Å². The SMILES string of the molecule is CCCCOCCCNC(=O)C1CCN(C(=O)C2CC(=O)N(c3ccccc3)C2)CC1. The molecular weight excluding hydrogens is 394 g/mol. The first-order chi connectivity index (χ1) is 15.1. The first-order valence-corrected chi connectivity index (χ1v) is 11.6. The Bertz CT molecular complexity index is 732. The highest BCUT2D eigenvalue weighted by Gasteiger charge is 2.38. The highest BCUT2D eigenvalue weighted by Crippen LogP contribution is 2.27. The van der Waals surface area contributed by atoms with E-state index in [2.05, 4.69) is 12.2 Å². The van der Waals surface area contributed by atoms with Gasteiger partial charge in [-0.1, -0.05) is 31.5 Å². The number of unbranched alkanes of at least 4 members (excludes halogenated alkanes) is 1.